The highest BCUT2D eigenvalue weighted by atomic mass is 15.3. The molecule has 0 radical (unpaired) electrons. The summed E-state index contributed by atoms with van der Waals surface area (Å²) in [6.45, 7) is 11.9. The average molecular weight is 208 g/mol. The van der Waals surface area contributed by atoms with Gasteiger partial charge in [0.15, 0.2) is 0 Å². The molecule has 0 aromatic rings. The van der Waals surface area contributed by atoms with Crippen LogP contribution in [-0.4, -0.2) is 35.6 Å². The van der Waals surface area contributed by atoms with Gasteiger partial charge in [0, 0.05) is 30.7 Å². The van der Waals surface area contributed by atoms with Gasteiger partial charge < -0.3 is 5.32 Å². The van der Waals surface area contributed by atoms with Crippen LogP contribution in [0.5, 0.6) is 0 Å². The number of nitrogens with one attached hydrogen (secondary N) is 1. The van der Waals surface area contributed by atoms with Crippen LogP contribution in [0.4, 0.5) is 0 Å². The molecule has 0 aromatic heterocycles. The first-order chi connectivity index (χ1) is 7.05. The van der Waals surface area contributed by atoms with Crippen LogP contribution < -0.4 is 5.32 Å². The van der Waals surface area contributed by atoms with Crippen molar-refractivity contribution in [3.63, 3.8) is 0 Å². The van der Waals surface area contributed by atoms with Crippen molar-refractivity contribution in [1.82, 2.24) is 10.2 Å². The Labute approximate surface area is 93.7 Å². The first-order valence-electron chi connectivity index (χ1n) is 6.18. The molecule has 2 aliphatic rings. The molecule has 1 aliphatic carbocycles. The largest absolute Gasteiger partial charge is 0.304 e. The van der Waals surface area contributed by atoms with Gasteiger partial charge in [0.05, 0.1) is 0 Å². The van der Waals surface area contributed by atoms with E-state index in [-0.39, 0.29) is 5.54 Å². The van der Waals surface area contributed by atoms with Crippen molar-refractivity contribution in [2.75, 3.05) is 19.6 Å². The van der Waals surface area contributed by atoms with Gasteiger partial charge in [0.2, 0.25) is 0 Å². The predicted molar refractivity (Wildman–Crippen MR) is 65.1 cm³/mol. The lowest BCUT2D eigenvalue weighted by Gasteiger charge is -2.49. The summed E-state index contributed by atoms with van der Waals surface area (Å²) < 4.78 is 0. The molecule has 15 heavy (non-hydrogen) atoms. The van der Waals surface area contributed by atoms with Gasteiger partial charge in [-0.3, -0.25) is 4.90 Å². The summed E-state index contributed by atoms with van der Waals surface area (Å²) in [6, 6.07) is 0. The quantitative estimate of drug-likeness (QED) is 0.700. The normalized spacial score (nSPS) is 29.5. The first-order valence-corrected chi connectivity index (χ1v) is 6.18. The summed E-state index contributed by atoms with van der Waals surface area (Å²) in [5.74, 6) is 0. The summed E-state index contributed by atoms with van der Waals surface area (Å²) in [6.07, 6.45) is 7.52. The summed E-state index contributed by atoms with van der Waals surface area (Å²) in [4.78, 5) is 2.55. The van der Waals surface area contributed by atoms with Crippen LogP contribution in [0.25, 0.3) is 0 Å². The molecule has 1 spiro atoms. The maximum atomic E-state index is 3.88. The van der Waals surface area contributed by atoms with Crippen LogP contribution in [0.1, 0.15) is 39.5 Å². The number of nitrogens with zero attached hydrogens (tertiary/aromatic N) is 1. The number of hydrogen-bond acceptors (Lipinski definition) is 2. The minimum atomic E-state index is 0.256. The van der Waals surface area contributed by atoms with E-state index in [1.807, 2.05) is 6.08 Å². The van der Waals surface area contributed by atoms with E-state index >= 15 is 0 Å². The van der Waals surface area contributed by atoms with Crippen LogP contribution in [0.15, 0.2) is 12.7 Å². The standard InChI is InChI=1S/C13H24N2/c1-4-9-15-10-12(2,3)14-13(11-15)7-5-6-8-13/h4,14H,1,5-11H2,2-3H3. The smallest absolute Gasteiger partial charge is 0.0314 e. The third-order valence-electron chi connectivity index (χ3n) is 3.70. The molecular weight excluding hydrogens is 184 g/mol. The molecule has 2 fully saturated rings. The van der Waals surface area contributed by atoms with Crippen molar-refractivity contribution in [3.05, 3.63) is 12.7 Å². The third-order valence-corrected chi connectivity index (χ3v) is 3.70. The lowest BCUT2D eigenvalue weighted by atomic mass is 9.87. The van der Waals surface area contributed by atoms with E-state index in [0.717, 1.165) is 13.1 Å². The Morgan fingerprint density at radius 2 is 1.93 bits per heavy atom. The molecule has 1 heterocycles. The summed E-state index contributed by atoms with van der Waals surface area (Å²) in [5, 5.41) is 3.88. The zero-order chi connectivity index (χ0) is 10.9. The Morgan fingerprint density at radius 1 is 1.27 bits per heavy atom. The van der Waals surface area contributed by atoms with E-state index in [0.29, 0.717) is 5.54 Å². The Hall–Kier alpha value is -0.340. The second kappa shape index (κ2) is 3.91. The second-order valence-electron chi connectivity index (χ2n) is 5.95. The molecule has 0 amide bonds. The van der Waals surface area contributed by atoms with Crippen molar-refractivity contribution in [1.29, 1.82) is 0 Å². The molecule has 2 nitrogen and oxygen atoms in total. The number of rotatable bonds is 2. The molecule has 1 N–H and O–H groups in total. The van der Waals surface area contributed by atoms with E-state index in [2.05, 4.69) is 30.6 Å². The van der Waals surface area contributed by atoms with Crippen LogP contribution in [0.3, 0.4) is 0 Å². The van der Waals surface area contributed by atoms with E-state index in [1.165, 1.54) is 32.2 Å². The fourth-order valence-electron chi connectivity index (χ4n) is 3.49. The minimum Gasteiger partial charge on any atom is -0.304 e. The Kier molecular flexibility index (Phi) is 2.91. The average Bonchev–Trinajstić information content (AvgIpc) is 2.50. The molecule has 2 rings (SSSR count). The Morgan fingerprint density at radius 3 is 2.53 bits per heavy atom. The number of piperazine rings is 1. The summed E-state index contributed by atoms with van der Waals surface area (Å²) in [5.41, 5.74) is 0.663. The van der Waals surface area contributed by atoms with Crippen molar-refractivity contribution in [2.24, 2.45) is 0 Å². The van der Waals surface area contributed by atoms with E-state index < -0.39 is 0 Å². The van der Waals surface area contributed by atoms with Crippen LogP contribution in [0.2, 0.25) is 0 Å². The van der Waals surface area contributed by atoms with E-state index in [1.54, 1.807) is 0 Å². The maximum absolute atomic E-state index is 3.88. The third kappa shape index (κ3) is 2.43. The molecule has 1 saturated carbocycles. The fourth-order valence-corrected chi connectivity index (χ4v) is 3.49. The topological polar surface area (TPSA) is 15.3 Å². The minimum absolute atomic E-state index is 0.256. The second-order valence-corrected chi connectivity index (χ2v) is 5.95. The molecule has 2 heteroatoms. The molecule has 0 bridgehead atoms. The van der Waals surface area contributed by atoms with Gasteiger partial charge >= 0.3 is 0 Å². The predicted octanol–water partition coefficient (Wildman–Crippen LogP) is 2.17. The lowest BCUT2D eigenvalue weighted by molar-refractivity contribution is 0.0706. The molecule has 0 unspecified atom stereocenters. The van der Waals surface area contributed by atoms with Crippen molar-refractivity contribution in [3.8, 4) is 0 Å². The molecule has 86 valence electrons. The van der Waals surface area contributed by atoms with E-state index in [4.69, 9.17) is 0 Å². The first kappa shape index (κ1) is 11.2. The Balaban J connectivity index is 2.10. The van der Waals surface area contributed by atoms with Gasteiger partial charge in [0.1, 0.15) is 0 Å². The fraction of sp³-hybridized carbons (Fsp3) is 0.846. The highest BCUT2D eigenvalue weighted by molar-refractivity contribution is 5.05. The highest BCUT2D eigenvalue weighted by Gasteiger charge is 2.43. The van der Waals surface area contributed by atoms with Gasteiger partial charge in [0.25, 0.3) is 0 Å². The van der Waals surface area contributed by atoms with Gasteiger partial charge in [-0.05, 0) is 26.7 Å². The SMILES string of the molecule is C=CCN1CC(C)(C)NC2(CCCC2)C1. The lowest BCUT2D eigenvalue weighted by Crippen LogP contribution is -2.68. The van der Waals surface area contributed by atoms with E-state index in [9.17, 15) is 0 Å². The summed E-state index contributed by atoms with van der Waals surface area (Å²) in [7, 11) is 0. The van der Waals surface area contributed by atoms with Gasteiger partial charge in [-0.2, -0.15) is 0 Å². The molecule has 1 saturated heterocycles. The zero-order valence-corrected chi connectivity index (χ0v) is 10.2. The maximum Gasteiger partial charge on any atom is 0.0314 e. The molecule has 0 aromatic carbocycles. The van der Waals surface area contributed by atoms with Gasteiger partial charge in [-0.1, -0.05) is 18.9 Å². The van der Waals surface area contributed by atoms with Crippen molar-refractivity contribution in [2.45, 2.75) is 50.6 Å². The summed E-state index contributed by atoms with van der Waals surface area (Å²) >= 11 is 0. The van der Waals surface area contributed by atoms with Crippen LogP contribution in [0, 0.1) is 0 Å². The van der Waals surface area contributed by atoms with Crippen LogP contribution >= 0.6 is 0 Å². The zero-order valence-electron chi connectivity index (χ0n) is 10.2. The monoisotopic (exact) mass is 208 g/mol. The van der Waals surface area contributed by atoms with Gasteiger partial charge in [-0.25, -0.2) is 0 Å². The van der Waals surface area contributed by atoms with Crippen molar-refractivity contribution < 1.29 is 0 Å². The number of hydrogen-bond donors (Lipinski definition) is 1. The van der Waals surface area contributed by atoms with Crippen LogP contribution in [-0.2, 0) is 0 Å². The highest BCUT2D eigenvalue weighted by Crippen LogP contribution is 2.35. The molecule has 1 aliphatic heterocycles. The molecular formula is C13H24N2. The molecule has 0 atom stereocenters. The Bertz CT molecular complexity index is 239. The van der Waals surface area contributed by atoms with Gasteiger partial charge in [-0.15, -0.1) is 6.58 Å². The van der Waals surface area contributed by atoms with Crippen molar-refractivity contribution >= 4 is 0 Å².